The monoisotopic (exact) mass is 428 g/mol. The summed E-state index contributed by atoms with van der Waals surface area (Å²) in [6, 6.07) is 1.92. The summed E-state index contributed by atoms with van der Waals surface area (Å²) in [4.78, 5) is 31.3. The highest BCUT2D eigenvalue weighted by atomic mass is 35.5. The van der Waals surface area contributed by atoms with Crippen molar-refractivity contribution in [3.63, 3.8) is 0 Å². The lowest BCUT2D eigenvalue weighted by Crippen LogP contribution is -2.57. The first-order valence-electron chi connectivity index (χ1n) is 8.19. The van der Waals surface area contributed by atoms with Crippen molar-refractivity contribution >= 4 is 36.6 Å². The van der Waals surface area contributed by atoms with Gasteiger partial charge in [-0.1, -0.05) is 0 Å². The summed E-state index contributed by atoms with van der Waals surface area (Å²) >= 11 is 0. The van der Waals surface area contributed by atoms with Crippen LogP contribution >= 0.6 is 24.8 Å². The van der Waals surface area contributed by atoms with Crippen molar-refractivity contribution in [1.29, 1.82) is 0 Å². The van der Waals surface area contributed by atoms with E-state index in [0.717, 1.165) is 37.7 Å². The van der Waals surface area contributed by atoms with Gasteiger partial charge in [-0.05, 0) is 25.0 Å². The van der Waals surface area contributed by atoms with Crippen LogP contribution in [0.4, 0.5) is 13.2 Å². The second-order valence-electron chi connectivity index (χ2n) is 6.24. The number of amides is 2. The van der Waals surface area contributed by atoms with E-state index in [-0.39, 0.29) is 48.2 Å². The first-order chi connectivity index (χ1) is 11.9. The van der Waals surface area contributed by atoms with E-state index in [1.54, 1.807) is 9.80 Å². The number of carbonyl (C=O) groups excluding carboxylic acids is 2. The summed E-state index contributed by atoms with van der Waals surface area (Å²) in [5.41, 5.74) is -0.896. The fourth-order valence-corrected chi connectivity index (χ4v) is 3.27. The summed E-state index contributed by atoms with van der Waals surface area (Å²) in [6.07, 6.45) is -1.99. The van der Waals surface area contributed by atoms with Crippen molar-refractivity contribution in [2.45, 2.75) is 25.1 Å². The van der Waals surface area contributed by atoms with Crippen LogP contribution in [0.15, 0.2) is 18.3 Å². The Labute approximate surface area is 167 Å². The lowest BCUT2D eigenvalue weighted by Gasteiger charge is -2.41. The average molecular weight is 429 g/mol. The Balaban J connectivity index is 0.00000182. The Hall–Kier alpha value is -1.58. The smallest absolute Gasteiger partial charge is 0.337 e. The minimum atomic E-state index is -4.53. The molecular weight excluding hydrogens is 408 g/mol. The lowest BCUT2D eigenvalue weighted by atomic mass is 10.0. The van der Waals surface area contributed by atoms with E-state index < -0.39 is 11.9 Å². The van der Waals surface area contributed by atoms with Gasteiger partial charge in [0, 0.05) is 38.4 Å². The molecule has 27 heavy (non-hydrogen) atoms. The first kappa shape index (κ1) is 23.5. The normalized spacial score (nSPS) is 20.6. The highest BCUT2D eigenvalue weighted by Crippen LogP contribution is 2.27. The maximum Gasteiger partial charge on any atom is 0.433 e. The maximum absolute atomic E-state index is 12.6. The van der Waals surface area contributed by atoms with Crippen molar-refractivity contribution < 1.29 is 22.8 Å². The Morgan fingerprint density at radius 2 is 1.96 bits per heavy atom. The van der Waals surface area contributed by atoms with E-state index in [1.807, 2.05) is 0 Å². The minimum absolute atomic E-state index is 0. The van der Waals surface area contributed by atoms with Crippen LogP contribution in [0.25, 0.3) is 0 Å². The number of carbonyl (C=O) groups is 2. The predicted molar refractivity (Wildman–Crippen MR) is 97.2 cm³/mol. The van der Waals surface area contributed by atoms with Crippen molar-refractivity contribution in [2.24, 2.45) is 0 Å². The molecule has 1 aromatic heterocycles. The third-order valence-corrected chi connectivity index (χ3v) is 4.55. The van der Waals surface area contributed by atoms with Crippen molar-refractivity contribution in [2.75, 3.05) is 32.7 Å². The number of hydrogen-bond acceptors (Lipinski definition) is 4. The van der Waals surface area contributed by atoms with Gasteiger partial charge in [-0.2, -0.15) is 13.2 Å². The summed E-state index contributed by atoms with van der Waals surface area (Å²) in [5, 5.41) is 3.01. The molecule has 152 valence electrons. The molecule has 0 radical (unpaired) electrons. The molecule has 2 saturated heterocycles. The molecule has 0 saturated carbocycles. The number of pyridine rings is 1. The van der Waals surface area contributed by atoms with Crippen LogP contribution in [-0.4, -0.2) is 65.4 Å². The Morgan fingerprint density at radius 3 is 2.56 bits per heavy atom. The van der Waals surface area contributed by atoms with E-state index in [0.29, 0.717) is 26.2 Å². The molecule has 0 spiro atoms. The third-order valence-electron chi connectivity index (χ3n) is 4.55. The number of alkyl halides is 3. The zero-order chi connectivity index (χ0) is 18.0. The first-order valence-corrected chi connectivity index (χ1v) is 8.19. The van der Waals surface area contributed by atoms with Crippen molar-refractivity contribution in [1.82, 2.24) is 20.1 Å². The van der Waals surface area contributed by atoms with Crippen LogP contribution < -0.4 is 5.32 Å². The molecular formula is C16H21Cl2F3N4O2. The summed E-state index contributed by atoms with van der Waals surface area (Å²) in [5.74, 6) is -0.338. The van der Waals surface area contributed by atoms with Gasteiger partial charge in [-0.25, -0.2) is 0 Å². The molecule has 1 N–H and O–H groups in total. The van der Waals surface area contributed by atoms with Gasteiger partial charge in [0.05, 0.1) is 12.1 Å². The number of likely N-dealkylation sites (tertiary alicyclic amines) is 1. The van der Waals surface area contributed by atoms with Gasteiger partial charge in [-0.15, -0.1) is 24.8 Å². The Bertz CT molecular complexity index is 658. The molecule has 6 nitrogen and oxygen atoms in total. The highest BCUT2D eigenvalue weighted by Gasteiger charge is 2.34. The quantitative estimate of drug-likeness (QED) is 0.781. The van der Waals surface area contributed by atoms with Crippen LogP contribution in [0.2, 0.25) is 0 Å². The zero-order valence-electron chi connectivity index (χ0n) is 14.4. The summed E-state index contributed by atoms with van der Waals surface area (Å²) < 4.78 is 37.7. The zero-order valence-corrected chi connectivity index (χ0v) is 16.0. The number of piperazine rings is 1. The Morgan fingerprint density at radius 1 is 1.22 bits per heavy atom. The van der Waals surface area contributed by atoms with Gasteiger partial charge in [0.15, 0.2) is 0 Å². The van der Waals surface area contributed by atoms with Crippen LogP contribution in [0.5, 0.6) is 0 Å². The second kappa shape index (κ2) is 9.57. The fraction of sp³-hybridized carbons (Fsp3) is 0.562. The number of piperidine rings is 1. The average Bonchev–Trinajstić information content (AvgIpc) is 2.61. The number of rotatable bonds is 2. The molecule has 3 heterocycles. The van der Waals surface area contributed by atoms with Gasteiger partial charge in [-0.3, -0.25) is 14.6 Å². The lowest BCUT2D eigenvalue weighted by molar-refractivity contribution is -0.141. The van der Waals surface area contributed by atoms with E-state index in [4.69, 9.17) is 0 Å². The summed E-state index contributed by atoms with van der Waals surface area (Å²) in [6.45, 7) is 2.54. The molecule has 2 fully saturated rings. The molecule has 1 atom stereocenters. The van der Waals surface area contributed by atoms with Gasteiger partial charge in [0.25, 0.3) is 5.91 Å². The highest BCUT2D eigenvalue weighted by molar-refractivity contribution is 5.94. The van der Waals surface area contributed by atoms with Gasteiger partial charge in [0.1, 0.15) is 5.69 Å². The summed E-state index contributed by atoms with van der Waals surface area (Å²) in [7, 11) is 0. The number of hydrogen-bond donors (Lipinski definition) is 1. The minimum Gasteiger partial charge on any atom is -0.337 e. The van der Waals surface area contributed by atoms with Crippen LogP contribution in [-0.2, 0) is 11.0 Å². The standard InChI is InChI=1S/C16H19F3N4O2.2ClH/c17-16(18,19)13-4-3-11(8-21-13)15(25)22-6-1-2-12(10-22)23-7-5-20-9-14(23)24;;/h3-4,8,12,20H,1-2,5-7,9-10H2;2*1H. The molecule has 11 heteroatoms. The largest absolute Gasteiger partial charge is 0.433 e. The molecule has 2 amide bonds. The van der Waals surface area contributed by atoms with Gasteiger partial charge in [0.2, 0.25) is 5.91 Å². The molecule has 2 aliphatic heterocycles. The van der Waals surface area contributed by atoms with Crippen LogP contribution in [0.3, 0.4) is 0 Å². The number of nitrogens with zero attached hydrogens (tertiary/aromatic N) is 3. The molecule has 2 aliphatic rings. The molecule has 0 aliphatic carbocycles. The fourth-order valence-electron chi connectivity index (χ4n) is 3.27. The van der Waals surface area contributed by atoms with Crippen LogP contribution in [0, 0.1) is 0 Å². The predicted octanol–water partition coefficient (Wildman–Crippen LogP) is 1.98. The molecule has 1 aromatic rings. The van der Waals surface area contributed by atoms with Crippen LogP contribution in [0.1, 0.15) is 28.9 Å². The molecule has 1 unspecified atom stereocenters. The van der Waals surface area contributed by atoms with Crippen molar-refractivity contribution in [3.8, 4) is 0 Å². The SMILES string of the molecule is Cl.Cl.O=C(c1ccc(C(F)(F)F)nc1)N1CCCC(N2CCNCC2=O)C1. The van der Waals surface area contributed by atoms with E-state index in [2.05, 4.69) is 10.3 Å². The maximum atomic E-state index is 12.6. The Kier molecular flexibility index (Phi) is 8.31. The topological polar surface area (TPSA) is 65.5 Å². The number of aromatic nitrogens is 1. The number of halogens is 5. The van der Waals surface area contributed by atoms with Gasteiger partial charge >= 0.3 is 6.18 Å². The van der Waals surface area contributed by atoms with Gasteiger partial charge < -0.3 is 15.1 Å². The van der Waals surface area contributed by atoms with E-state index >= 15 is 0 Å². The number of nitrogens with one attached hydrogen (secondary N) is 1. The van der Waals surface area contributed by atoms with E-state index in [9.17, 15) is 22.8 Å². The van der Waals surface area contributed by atoms with Crippen molar-refractivity contribution in [3.05, 3.63) is 29.6 Å². The van der Waals surface area contributed by atoms with E-state index in [1.165, 1.54) is 0 Å². The molecule has 0 bridgehead atoms. The second-order valence-corrected chi connectivity index (χ2v) is 6.24. The molecule has 3 rings (SSSR count). The molecule has 0 aromatic carbocycles. The third kappa shape index (κ3) is 5.46.